The van der Waals surface area contributed by atoms with Crippen LogP contribution in [0.25, 0.3) is 0 Å². The molecule has 1 fully saturated rings. The zero-order valence-electron chi connectivity index (χ0n) is 17.2. The molecule has 4 rings (SSSR count). The topological polar surface area (TPSA) is 24.9 Å². The van der Waals surface area contributed by atoms with E-state index < -0.39 is 0 Å². The van der Waals surface area contributed by atoms with Crippen molar-refractivity contribution in [3.63, 3.8) is 0 Å². The maximum absolute atomic E-state index is 5.62. The Morgan fingerprint density at radius 2 is 1.69 bits per heavy atom. The van der Waals surface area contributed by atoms with Crippen LogP contribution in [0.2, 0.25) is 0 Å². The highest BCUT2D eigenvalue weighted by atomic mass is 35.5. The fourth-order valence-electron chi connectivity index (χ4n) is 4.56. The molecule has 0 saturated carbocycles. The van der Waals surface area contributed by atoms with E-state index in [0.717, 1.165) is 43.4 Å². The Kier molecular flexibility index (Phi) is 8.98. The molecule has 2 aromatic carbocycles. The highest BCUT2D eigenvalue weighted by molar-refractivity contribution is 7.98. The average Bonchev–Trinajstić information content (AvgIpc) is 2.71. The molecule has 2 aromatic rings. The maximum Gasteiger partial charge on any atom is 0.161 e. The van der Waals surface area contributed by atoms with Crippen LogP contribution in [-0.4, -0.2) is 61.8 Å². The zero-order valence-corrected chi connectivity index (χ0v) is 19.6. The van der Waals surface area contributed by atoms with Crippen LogP contribution in [0.15, 0.2) is 42.5 Å². The van der Waals surface area contributed by atoms with Crippen LogP contribution in [0.1, 0.15) is 22.7 Å². The second kappa shape index (κ2) is 10.8. The van der Waals surface area contributed by atoms with Gasteiger partial charge in [-0.25, -0.2) is 0 Å². The standard InChI is InChI=1S/C22H28N2O2S.2ClH/c1-25-20-12-17-11-18-14-23(15-27-3)9-10-24(18)22(16-7-5-4-6-8-16)19(17)13-21(20)26-2;;/h4-8,12-13,18,22H,9-11,14-15H2,1-3H3;2*1H. The van der Waals surface area contributed by atoms with E-state index in [0.29, 0.717) is 6.04 Å². The lowest BCUT2D eigenvalue weighted by Crippen LogP contribution is -2.56. The normalized spacial score (nSPS) is 21.2. The van der Waals surface area contributed by atoms with Crippen LogP contribution >= 0.6 is 36.6 Å². The Bertz CT molecular complexity index is 794. The van der Waals surface area contributed by atoms with E-state index in [1.807, 2.05) is 11.8 Å². The maximum atomic E-state index is 5.62. The van der Waals surface area contributed by atoms with Crippen molar-refractivity contribution in [2.75, 3.05) is 46.0 Å². The number of ether oxygens (including phenoxy) is 2. The first-order valence-corrected chi connectivity index (χ1v) is 10.9. The monoisotopic (exact) mass is 456 g/mol. The Balaban J connectivity index is 0.00000150. The molecule has 2 atom stereocenters. The van der Waals surface area contributed by atoms with E-state index in [-0.39, 0.29) is 30.9 Å². The molecular formula is C22H30Cl2N2O2S. The Labute approximate surface area is 190 Å². The highest BCUT2D eigenvalue weighted by Crippen LogP contribution is 2.43. The summed E-state index contributed by atoms with van der Waals surface area (Å²) in [5.74, 6) is 2.75. The van der Waals surface area contributed by atoms with Crippen molar-refractivity contribution in [3.05, 3.63) is 59.2 Å². The molecule has 1 saturated heterocycles. The number of nitrogens with zero attached hydrogens (tertiary/aromatic N) is 2. The minimum Gasteiger partial charge on any atom is -0.493 e. The molecule has 0 spiro atoms. The largest absolute Gasteiger partial charge is 0.493 e. The Morgan fingerprint density at radius 1 is 1.00 bits per heavy atom. The van der Waals surface area contributed by atoms with Gasteiger partial charge in [-0.15, -0.1) is 36.6 Å². The molecule has 0 aliphatic carbocycles. The van der Waals surface area contributed by atoms with Gasteiger partial charge in [-0.2, -0.15) is 0 Å². The van der Waals surface area contributed by atoms with Crippen LogP contribution in [0.5, 0.6) is 11.5 Å². The van der Waals surface area contributed by atoms with Gasteiger partial charge in [-0.3, -0.25) is 9.80 Å². The molecule has 2 unspecified atom stereocenters. The lowest BCUT2D eigenvalue weighted by Gasteiger charge is -2.49. The number of hydrogen-bond donors (Lipinski definition) is 0. The fraction of sp³-hybridized carbons (Fsp3) is 0.455. The molecule has 0 N–H and O–H groups in total. The summed E-state index contributed by atoms with van der Waals surface area (Å²) in [4.78, 5) is 5.28. The summed E-state index contributed by atoms with van der Waals surface area (Å²) < 4.78 is 11.2. The van der Waals surface area contributed by atoms with Crippen LogP contribution in [0, 0.1) is 0 Å². The van der Waals surface area contributed by atoms with Gasteiger partial charge in [0.1, 0.15) is 0 Å². The van der Waals surface area contributed by atoms with Gasteiger partial charge < -0.3 is 9.47 Å². The first kappa shape index (κ1) is 24.2. The molecule has 0 bridgehead atoms. The summed E-state index contributed by atoms with van der Waals surface area (Å²) in [5, 5.41) is 0. The third kappa shape index (κ3) is 4.80. The number of hydrogen-bond acceptors (Lipinski definition) is 5. The summed E-state index contributed by atoms with van der Waals surface area (Å²) in [6.07, 6.45) is 3.25. The molecule has 29 heavy (non-hydrogen) atoms. The van der Waals surface area contributed by atoms with Crippen molar-refractivity contribution >= 4 is 36.6 Å². The van der Waals surface area contributed by atoms with Gasteiger partial charge in [0.2, 0.25) is 0 Å². The van der Waals surface area contributed by atoms with Gasteiger partial charge in [0, 0.05) is 31.6 Å². The second-order valence-corrected chi connectivity index (χ2v) is 8.15. The number of methoxy groups -OCH3 is 2. The summed E-state index contributed by atoms with van der Waals surface area (Å²) in [5.41, 5.74) is 4.09. The van der Waals surface area contributed by atoms with Crippen LogP contribution in [0.4, 0.5) is 0 Å². The number of fused-ring (bicyclic) bond motifs is 2. The highest BCUT2D eigenvalue weighted by Gasteiger charge is 2.39. The van der Waals surface area contributed by atoms with Gasteiger partial charge in [0.25, 0.3) is 0 Å². The minimum absolute atomic E-state index is 0. The van der Waals surface area contributed by atoms with Gasteiger partial charge in [0.05, 0.1) is 20.3 Å². The van der Waals surface area contributed by atoms with Crippen LogP contribution in [-0.2, 0) is 6.42 Å². The van der Waals surface area contributed by atoms with Crippen molar-refractivity contribution in [1.82, 2.24) is 9.80 Å². The predicted octanol–water partition coefficient (Wildman–Crippen LogP) is 4.50. The molecule has 7 heteroatoms. The smallest absolute Gasteiger partial charge is 0.161 e. The molecule has 2 aliphatic rings. The first-order valence-electron chi connectivity index (χ1n) is 9.52. The van der Waals surface area contributed by atoms with Crippen molar-refractivity contribution in [2.45, 2.75) is 18.5 Å². The van der Waals surface area contributed by atoms with Crippen LogP contribution in [0.3, 0.4) is 0 Å². The van der Waals surface area contributed by atoms with Crippen LogP contribution < -0.4 is 9.47 Å². The average molecular weight is 457 g/mol. The molecule has 0 radical (unpaired) electrons. The molecule has 4 nitrogen and oxygen atoms in total. The van der Waals surface area contributed by atoms with E-state index in [1.54, 1.807) is 14.2 Å². The van der Waals surface area contributed by atoms with E-state index in [4.69, 9.17) is 9.47 Å². The van der Waals surface area contributed by atoms with E-state index in [2.05, 4.69) is 58.5 Å². The molecule has 2 aliphatic heterocycles. The number of halogens is 2. The van der Waals surface area contributed by atoms with Gasteiger partial charge in [0.15, 0.2) is 11.5 Å². The fourth-order valence-corrected chi connectivity index (χ4v) is 5.16. The van der Waals surface area contributed by atoms with Gasteiger partial charge >= 0.3 is 0 Å². The summed E-state index contributed by atoms with van der Waals surface area (Å²) in [6.45, 7) is 3.35. The first-order chi connectivity index (χ1) is 13.2. The van der Waals surface area contributed by atoms with E-state index >= 15 is 0 Å². The molecule has 160 valence electrons. The number of thioether (sulfide) groups is 1. The lowest BCUT2D eigenvalue weighted by molar-refractivity contribution is 0.0525. The Morgan fingerprint density at radius 3 is 2.34 bits per heavy atom. The summed E-state index contributed by atoms with van der Waals surface area (Å²) in [6, 6.07) is 16.1. The third-order valence-electron chi connectivity index (χ3n) is 5.77. The summed E-state index contributed by atoms with van der Waals surface area (Å²) in [7, 11) is 3.43. The lowest BCUT2D eigenvalue weighted by atomic mass is 9.83. The molecule has 2 heterocycles. The van der Waals surface area contributed by atoms with Crippen molar-refractivity contribution in [3.8, 4) is 11.5 Å². The third-order valence-corrected chi connectivity index (χ3v) is 6.39. The number of piperazine rings is 1. The number of benzene rings is 2. The molecular weight excluding hydrogens is 427 g/mol. The predicted molar refractivity (Wildman–Crippen MR) is 126 cm³/mol. The number of rotatable bonds is 5. The van der Waals surface area contributed by atoms with Gasteiger partial charge in [-0.05, 0) is 41.5 Å². The minimum atomic E-state index is 0. The Hall–Kier alpha value is -1.11. The van der Waals surface area contributed by atoms with E-state index in [1.165, 1.54) is 16.7 Å². The summed E-state index contributed by atoms with van der Waals surface area (Å²) >= 11 is 1.91. The molecule has 0 amide bonds. The quantitative estimate of drug-likeness (QED) is 0.659. The van der Waals surface area contributed by atoms with Crippen molar-refractivity contribution in [1.29, 1.82) is 0 Å². The van der Waals surface area contributed by atoms with Gasteiger partial charge in [-0.1, -0.05) is 30.3 Å². The second-order valence-electron chi connectivity index (χ2n) is 7.31. The molecule has 0 aromatic heterocycles. The van der Waals surface area contributed by atoms with Crippen molar-refractivity contribution < 1.29 is 9.47 Å². The van der Waals surface area contributed by atoms with E-state index in [9.17, 15) is 0 Å². The SMILES string of the molecule is COc1cc2c(cc1OC)C(c1ccccc1)N1CCN(CSC)CC1C2.Cl.Cl. The van der Waals surface area contributed by atoms with Crippen molar-refractivity contribution in [2.24, 2.45) is 0 Å². The zero-order chi connectivity index (χ0) is 18.8.